The molecule has 35 heavy (non-hydrogen) atoms. The van der Waals surface area contributed by atoms with Gasteiger partial charge in [-0.15, -0.1) is 23.5 Å². The van der Waals surface area contributed by atoms with Crippen molar-refractivity contribution in [3.8, 4) is 28.7 Å². The van der Waals surface area contributed by atoms with E-state index in [2.05, 4.69) is 41.3 Å². The number of methoxy groups -OCH3 is 5. The van der Waals surface area contributed by atoms with E-state index in [1.165, 1.54) is 17.5 Å². The average Bonchev–Trinajstić information content (AvgIpc) is 2.91. The van der Waals surface area contributed by atoms with Crippen molar-refractivity contribution < 1.29 is 23.7 Å². The number of thioether (sulfide) groups is 2. The van der Waals surface area contributed by atoms with Crippen molar-refractivity contribution in [2.24, 2.45) is 0 Å². The maximum atomic E-state index is 5.70. The van der Waals surface area contributed by atoms with E-state index in [1.54, 1.807) is 35.5 Å². The Kier molecular flexibility index (Phi) is 10.6. The second kappa shape index (κ2) is 13.4. The van der Waals surface area contributed by atoms with Gasteiger partial charge in [-0.1, -0.05) is 6.07 Å². The van der Waals surface area contributed by atoms with Crippen LogP contribution >= 0.6 is 23.5 Å². The van der Waals surface area contributed by atoms with Crippen LogP contribution in [-0.2, 0) is 10.5 Å². The van der Waals surface area contributed by atoms with E-state index in [1.807, 2.05) is 24.9 Å². The van der Waals surface area contributed by atoms with Gasteiger partial charge in [0, 0.05) is 5.25 Å². The predicted molar refractivity (Wildman–Crippen MR) is 147 cm³/mol. The number of rotatable bonds is 13. The van der Waals surface area contributed by atoms with Crippen LogP contribution < -0.4 is 29.0 Å². The molecule has 1 saturated heterocycles. The summed E-state index contributed by atoms with van der Waals surface area (Å²) in [4.78, 5) is 0. The molecule has 0 spiro atoms. The molecule has 1 N–H and O–H groups in total. The highest BCUT2D eigenvalue weighted by Crippen LogP contribution is 2.58. The first kappa shape index (κ1) is 27.7. The number of hydrogen-bond acceptors (Lipinski definition) is 8. The fourth-order valence-electron chi connectivity index (χ4n) is 4.51. The standard InChI is InChI=1S/C27H39NO5S2/c1-28-14-7-13-27(20-17-24(31-4)26(33-6)25(18-20)32-5)34-15-12-21(35-27)10-8-19-9-11-22(29-2)23(16-19)30-3/h9,11,16-18,21,28H,7-8,10,12-15H2,1-6H3. The van der Waals surface area contributed by atoms with Crippen LogP contribution in [0.2, 0.25) is 0 Å². The quantitative estimate of drug-likeness (QED) is 0.334. The zero-order valence-electron chi connectivity index (χ0n) is 21.8. The Morgan fingerprint density at radius 1 is 0.886 bits per heavy atom. The third kappa shape index (κ3) is 6.66. The minimum Gasteiger partial charge on any atom is -0.493 e. The average molecular weight is 522 g/mol. The predicted octanol–water partition coefficient (Wildman–Crippen LogP) is 5.75. The van der Waals surface area contributed by atoms with Crippen LogP contribution in [0.1, 0.15) is 36.8 Å². The van der Waals surface area contributed by atoms with Crippen molar-refractivity contribution in [3.05, 3.63) is 41.5 Å². The molecule has 8 heteroatoms. The van der Waals surface area contributed by atoms with E-state index in [0.29, 0.717) is 22.5 Å². The van der Waals surface area contributed by atoms with Gasteiger partial charge in [-0.05, 0) is 86.8 Å². The highest BCUT2D eigenvalue weighted by molar-refractivity contribution is 8.18. The van der Waals surface area contributed by atoms with Crippen molar-refractivity contribution >= 4 is 23.5 Å². The molecule has 1 fully saturated rings. The Balaban J connectivity index is 1.85. The summed E-state index contributed by atoms with van der Waals surface area (Å²) < 4.78 is 27.8. The number of aryl methyl sites for hydroxylation is 1. The van der Waals surface area contributed by atoms with E-state index in [4.69, 9.17) is 23.7 Å². The molecule has 0 amide bonds. The molecule has 0 aliphatic carbocycles. The van der Waals surface area contributed by atoms with Crippen molar-refractivity contribution in [3.63, 3.8) is 0 Å². The Labute approximate surface area is 218 Å². The van der Waals surface area contributed by atoms with Crippen LogP contribution in [0.5, 0.6) is 28.7 Å². The molecule has 2 aromatic rings. The monoisotopic (exact) mass is 521 g/mol. The Hall–Kier alpha value is -1.90. The maximum Gasteiger partial charge on any atom is 0.203 e. The molecule has 0 saturated carbocycles. The lowest BCUT2D eigenvalue weighted by Crippen LogP contribution is -2.29. The smallest absolute Gasteiger partial charge is 0.203 e. The SMILES string of the molecule is CNCCCC1(c2cc(OC)c(OC)c(OC)c2)SCCC(CCc2ccc(OC)c(OC)c2)S1. The number of nitrogens with one attached hydrogen (secondary N) is 1. The van der Waals surface area contributed by atoms with Crippen molar-refractivity contribution in [2.45, 2.75) is 41.4 Å². The van der Waals surface area contributed by atoms with E-state index < -0.39 is 0 Å². The number of ether oxygens (including phenoxy) is 5. The third-order valence-electron chi connectivity index (χ3n) is 6.37. The molecule has 0 aromatic heterocycles. The van der Waals surface area contributed by atoms with Crippen molar-refractivity contribution in [1.82, 2.24) is 5.32 Å². The first-order valence-corrected chi connectivity index (χ1v) is 13.9. The molecule has 6 nitrogen and oxygen atoms in total. The van der Waals surface area contributed by atoms with Gasteiger partial charge in [0.2, 0.25) is 5.75 Å². The van der Waals surface area contributed by atoms with Crippen molar-refractivity contribution in [2.75, 3.05) is 54.9 Å². The van der Waals surface area contributed by atoms with Crippen LogP contribution in [0.15, 0.2) is 30.3 Å². The molecule has 0 radical (unpaired) electrons. The highest BCUT2D eigenvalue weighted by atomic mass is 32.2. The second-order valence-electron chi connectivity index (χ2n) is 8.48. The van der Waals surface area contributed by atoms with Gasteiger partial charge in [0.1, 0.15) is 0 Å². The van der Waals surface area contributed by atoms with Crippen LogP contribution in [0, 0.1) is 0 Å². The molecular formula is C27H39NO5S2. The summed E-state index contributed by atoms with van der Waals surface area (Å²) in [6.07, 6.45) is 5.47. The van der Waals surface area contributed by atoms with Gasteiger partial charge in [0.25, 0.3) is 0 Å². The third-order valence-corrected chi connectivity index (χ3v) is 9.99. The van der Waals surface area contributed by atoms with E-state index in [9.17, 15) is 0 Å². The lowest BCUT2D eigenvalue weighted by molar-refractivity contribution is 0.323. The van der Waals surface area contributed by atoms with Crippen molar-refractivity contribution in [1.29, 1.82) is 0 Å². The van der Waals surface area contributed by atoms with Gasteiger partial charge in [-0.3, -0.25) is 0 Å². The summed E-state index contributed by atoms with van der Waals surface area (Å²) in [5, 5.41) is 3.86. The molecule has 1 aliphatic heterocycles. The van der Waals surface area contributed by atoms with E-state index >= 15 is 0 Å². The van der Waals surface area contributed by atoms with Gasteiger partial charge in [0.05, 0.1) is 39.6 Å². The minimum absolute atomic E-state index is 0.0653. The molecule has 3 rings (SSSR count). The fourth-order valence-corrected chi connectivity index (χ4v) is 8.42. The van der Waals surface area contributed by atoms with E-state index in [0.717, 1.165) is 49.5 Å². The van der Waals surface area contributed by atoms with Crippen LogP contribution in [0.25, 0.3) is 0 Å². The Morgan fingerprint density at radius 2 is 1.57 bits per heavy atom. The molecule has 1 aliphatic rings. The van der Waals surface area contributed by atoms with Gasteiger partial charge in [0.15, 0.2) is 23.0 Å². The Morgan fingerprint density at radius 3 is 2.17 bits per heavy atom. The lowest BCUT2D eigenvalue weighted by atomic mass is 10.0. The van der Waals surface area contributed by atoms with Gasteiger partial charge in [-0.25, -0.2) is 0 Å². The molecule has 0 bridgehead atoms. The first-order valence-electron chi connectivity index (χ1n) is 12.0. The van der Waals surface area contributed by atoms with Gasteiger partial charge in [-0.2, -0.15) is 0 Å². The summed E-state index contributed by atoms with van der Waals surface area (Å²) in [6, 6.07) is 10.5. The van der Waals surface area contributed by atoms with Crippen LogP contribution in [0.4, 0.5) is 0 Å². The fraction of sp³-hybridized carbons (Fsp3) is 0.556. The minimum atomic E-state index is -0.0653. The normalized spacial score (nSPS) is 19.8. The largest absolute Gasteiger partial charge is 0.493 e. The zero-order chi connectivity index (χ0) is 25.3. The molecule has 194 valence electrons. The second-order valence-corrected chi connectivity index (χ2v) is 11.7. The van der Waals surface area contributed by atoms with E-state index in [-0.39, 0.29) is 4.08 Å². The zero-order valence-corrected chi connectivity index (χ0v) is 23.4. The summed E-state index contributed by atoms with van der Waals surface area (Å²) in [7, 11) is 10.4. The number of hydrogen-bond donors (Lipinski definition) is 1. The Bertz CT molecular complexity index is 932. The summed E-state index contributed by atoms with van der Waals surface area (Å²) >= 11 is 4.15. The van der Waals surface area contributed by atoms with Crippen LogP contribution in [-0.4, -0.2) is 60.1 Å². The summed E-state index contributed by atoms with van der Waals surface area (Å²) in [5.74, 6) is 4.74. The maximum absolute atomic E-state index is 5.70. The lowest BCUT2D eigenvalue weighted by Gasteiger charge is -2.41. The summed E-state index contributed by atoms with van der Waals surface area (Å²) in [5.41, 5.74) is 2.50. The summed E-state index contributed by atoms with van der Waals surface area (Å²) in [6.45, 7) is 0.990. The molecule has 2 atom stereocenters. The van der Waals surface area contributed by atoms with Gasteiger partial charge >= 0.3 is 0 Å². The highest BCUT2D eigenvalue weighted by Gasteiger charge is 2.40. The first-order chi connectivity index (χ1) is 17.0. The molecule has 1 heterocycles. The molecular weight excluding hydrogens is 482 g/mol. The molecule has 2 aromatic carbocycles. The van der Waals surface area contributed by atoms with Crippen LogP contribution in [0.3, 0.4) is 0 Å². The van der Waals surface area contributed by atoms with Gasteiger partial charge < -0.3 is 29.0 Å². The number of benzene rings is 2. The molecule has 2 unspecified atom stereocenters. The topological polar surface area (TPSA) is 58.2 Å².